The Morgan fingerprint density at radius 1 is 1.50 bits per heavy atom. The van der Waals surface area contributed by atoms with E-state index in [0.29, 0.717) is 5.01 Å². The summed E-state index contributed by atoms with van der Waals surface area (Å²) in [6, 6.07) is -0.907. The van der Waals surface area contributed by atoms with E-state index in [1.807, 2.05) is 0 Å². The van der Waals surface area contributed by atoms with Gasteiger partial charge >= 0.3 is 0 Å². The van der Waals surface area contributed by atoms with Crippen LogP contribution in [0.2, 0.25) is 0 Å². The van der Waals surface area contributed by atoms with E-state index in [1.54, 1.807) is 6.92 Å². The van der Waals surface area contributed by atoms with E-state index in [1.165, 1.54) is 6.20 Å². The van der Waals surface area contributed by atoms with Gasteiger partial charge in [0.05, 0.1) is 11.2 Å². The molecule has 9 heteroatoms. The van der Waals surface area contributed by atoms with Gasteiger partial charge in [0, 0.05) is 6.42 Å². The van der Waals surface area contributed by atoms with E-state index < -0.39 is 22.0 Å². The molecule has 0 bridgehead atoms. The van der Waals surface area contributed by atoms with Crippen LogP contribution in [0.3, 0.4) is 0 Å². The van der Waals surface area contributed by atoms with E-state index in [0.717, 1.165) is 11.3 Å². The first-order chi connectivity index (χ1) is 8.38. The fourth-order valence-corrected chi connectivity index (χ4v) is 3.87. The molecule has 1 aliphatic rings. The molecule has 0 spiro atoms. The molecule has 2 heterocycles. The molecule has 1 aliphatic heterocycles. The molecule has 98 valence electrons. The van der Waals surface area contributed by atoms with E-state index in [4.69, 9.17) is 0 Å². The van der Waals surface area contributed by atoms with Crippen LogP contribution in [0, 0.1) is 6.92 Å². The van der Waals surface area contributed by atoms with Crippen molar-refractivity contribution in [3.05, 3.63) is 11.2 Å². The molecule has 1 aromatic rings. The van der Waals surface area contributed by atoms with Crippen LogP contribution in [0.25, 0.3) is 0 Å². The van der Waals surface area contributed by atoms with Crippen LogP contribution in [0.15, 0.2) is 10.4 Å². The van der Waals surface area contributed by atoms with Gasteiger partial charge in [0.15, 0.2) is 4.21 Å². The van der Waals surface area contributed by atoms with Gasteiger partial charge < -0.3 is 0 Å². The number of aromatic nitrogens is 1. The van der Waals surface area contributed by atoms with Gasteiger partial charge in [-0.25, -0.2) is 13.4 Å². The van der Waals surface area contributed by atoms with Gasteiger partial charge in [-0.3, -0.25) is 14.9 Å². The molecule has 1 aromatic heterocycles. The van der Waals surface area contributed by atoms with E-state index >= 15 is 0 Å². The second-order valence-corrected chi connectivity index (χ2v) is 7.00. The Labute approximate surface area is 108 Å². The molecule has 18 heavy (non-hydrogen) atoms. The first kappa shape index (κ1) is 13.1. The van der Waals surface area contributed by atoms with Crippen molar-refractivity contribution >= 4 is 33.2 Å². The number of imide groups is 1. The summed E-state index contributed by atoms with van der Waals surface area (Å²) in [7, 11) is -3.76. The summed E-state index contributed by atoms with van der Waals surface area (Å²) in [5.74, 6) is -1.000. The normalized spacial score (nSPS) is 20.8. The Morgan fingerprint density at radius 2 is 2.22 bits per heavy atom. The third-order valence-electron chi connectivity index (χ3n) is 2.40. The van der Waals surface area contributed by atoms with Crippen LogP contribution in [0.1, 0.15) is 17.8 Å². The lowest BCUT2D eigenvalue weighted by molar-refractivity contribution is -0.134. The number of nitrogens with one attached hydrogen (secondary N) is 2. The SMILES string of the molecule is Cc1ncc(S(=O)(=O)NC2CCC(=O)NC2=O)s1. The van der Waals surface area contributed by atoms with Crippen LogP contribution in [-0.2, 0) is 19.6 Å². The maximum Gasteiger partial charge on any atom is 0.252 e. The lowest BCUT2D eigenvalue weighted by Crippen LogP contribution is -2.52. The molecular formula is C9H11N3O4S2. The predicted octanol–water partition coefficient (Wildman–Crippen LogP) is -0.465. The van der Waals surface area contributed by atoms with Crippen molar-refractivity contribution in [2.24, 2.45) is 0 Å². The van der Waals surface area contributed by atoms with Crippen molar-refractivity contribution in [2.75, 3.05) is 0 Å². The average Bonchev–Trinajstić information content (AvgIpc) is 2.70. The number of nitrogens with zero attached hydrogens (tertiary/aromatic N) is 1. The van der Waals surface area contributed by atoms with Gasteiger partial charge in [0.1, 0.15) is 6.04 Å². The summed E-state index contributed by atoms with van der Waals surface area (Å²) in [6.07, 6.45) is 1.54. The molecule has 2 rings (SSSR count). The maximum absolute atomic E-state index is 11.9. The molecule has 2 N–H and O–H groups in total. The third kappa shape index (κ3) is 2.74. The number of carbonyl (C=O) groups is 2. The summed E-state index contributed by atoms with van der Waals surface area (Å²) in [6.45, 7) is 1.69. The average molecular weight is 289 g/mol. The largest absolute Gasteiger partial charge is 0.295 e. The summed E-state index contributed by atoms with van der Waals surface area (Å²) in [5.41, 5.74) is 0. The number of carbonyl (C=O) groups excluding carboxylic acids is 2. The van der Waals surface area contributed by atoms with Gasteiger partial charge in [-0.2, -0.15) is 4.72 Å². The van der Waals surface area contributed by atoms with Crippen molar-refractivity contribution in [2.45, 2.75) is 30.0 Å². The maximum atomic E-state index is 11.9. The van der Waals surface area contributed by atoms with Crippen LogP contribution in [0.5, 0.6) is 0 Å². The smallest absolute Gasteiger partial charge is 0.252 e. The number of thiazole rings is 1. The summed E-state index contributed by atoms with van der Waals surface area (Å²) < 4.78 is 26.2. The fourth-order valence-electron chi connectivity index (χ4n) is 1.52. The van der Waals surface area contributed by atoms with Gasteiger partial charge in [-0.15, -0.1) is 11.3 Å². The van der Waals surface area contributed by atoms with Gasteiger partial charge in [-0.1, -0.05) is 0 Å². The number of aryl methyl sites for hydroxylation is 1. The Bertz CT molecular complexity index is 593. The highest BCUT2D eigenvalue weighted by atomic mass is 32.2. The van der Waals surface area contributed by atoms with Crippen molar-refractivity contribution in [1.82, 2.24) is 15.0 Å². The molecule has 0 aromatic carbocycles. The highest BCUT2D eigenvalue weighted by Crippen LogP contribution is 2.18. The topological polar surface area (TPSA) is 105 Å². The lowest BCUT2D eigenvalue weighted by Gasteiger charge is -2.21. The molecule has 1 fully saturated rings. The minimum Gasteiger partial charge on any atom is -0.295 e. The number of piperidine rings is 1. The molecule has 1 saturated heterocycles. The van der Waals surface area contributed by atoms with Crippen LogP contribution in [-0.4, -0.2) is 31.3 Å². The second kappa shape index (κ2) is 4.75. The zero-order valence-corrected chi connectivity index (χ0v) is 11.1. The molecule has 2 amide bonds. The minimum atomic E-state index is -3.76. The Hall–Kier alpha value is -1.32. The number of sulfonamides is 1. The molecule has 0 radical (unpaired) electrons. The van der Waals surface area contributed by atoms with Gasteiger partial charge in [0.25, 0.3) is 10.0 Å². The monoisotopic (exact) mass is 289 g/mol. The molecule has 0 aliphatic carbocycles. The van der Waals surface area contributed by atoms with Crippen molar-refractivity contribution < 1.29 is 18.0 Å². The first-order valence-corrected chi connectivity index (χ1v) is 7.47. The van der Waals surface area contributed by atoms with Crippen molar-refractivity contribution in [1.29, 1.82) is 0 Å². The number of hydrogen-bond donors (Lipinski definition) is 2. The zero-order chi connectivity index (χ0) is 13.3. The van der Waals surface area contributed by atoms with Crippen LogP contribution in [0.4, 0.5) is 0 Å². The molecule has 1 unspecified atom stereocenters. The highest BCUT2D eigenvalue weighted by Gasteiger charge is 2.31. The first-order valence-electron chi connectivity index (χ1n) is 5.17. The molecule has 7 nitrogen and oxygen atoms in total. The number of rotatable bonds is 3. The molecular weight excluding hydrogens is 278 g/mol. The number of amides is 2. The van der Waals surface area contributed by atoms with Crippen LogP contribution < -0.4 is 10.0 Å². The predicted molar refractivity (Wildman–Crippen MR) is 63.3 cm³/mol. The van der Waals surface area contributed by atoms with E-state index in [9.17, 15) is 18.0 Å². The minimum absolute atomic E-state index is 0.0599. The van der Waals surface area contributed by atoms with Gasteiger partial charge in [0.2, 0.25) is 11.8 Å². The zero-order valence-electron chi connectivity index (χ0n) is 9.47. The van der Waals surface area contributed by atoms with Gasteiger partial charge in [-0.05, 0) is 13.3 Å². The summed E-state index contributed by atoms with van der Waals surface area (Å²) in [5, 5.41) is 2.72. The molecule has 1 atom stereocenters. The Morgan fingerprint density at radius 3 is 2.78 bits per heavy atom. The van der Waals surface area contributed by atoms with Crippen LogP contribution >= 0.6 is 11.3 Å². The fraction of sp³-hybridized carbons (Fsp3) is 0.444. The highest BCUT2D eigenvalue weighted by molar-refractivity contribution is 7.91. The lowest BCUT2D eigenvalue weighted by atomic mass is 10.1. The standard InChI is InChI=1S/C9H11N3O4S2/c1-5-10-4-8(17-5)18(15,16)12-6-2-3-7(13)11-9(6)14/h4,6,12H,2-3H2,1H3,(H,11,13,14). The molecule has 0 saturated carbocycles. The third-order valence-corrected chi connectivity index (χ3v) is 5.25. The number of hydrogen-bond acceptors (Lipinski definition) is 6. The second-order valence-electron chi connectivity index (χ2n) is 3.82. The van der Waals surface area contributed by atoms with E-state index in [2.05, 4.69) is 15.0 Å². The summed E-state index contributed by atoms with van der Waals surface area (Å²) >= 11 is 1.02. The van der Waals surface area contributed by atoms with E-state index in [-0.39, 0.29) is 23.0 Å². The Kier molecular flexibility index (Phi) is 3.46. The van der Waals surface area contributed by atoms with Crippen molar-refractivity contribution in [3.8, 4) is 0 Å². The quantitative estimate of drug-likeness (QED) is 0.732. The summed E-state index contributed by atoms with van der Waals surface area (Å²) in [4.78, 5) is 26.2. The Balaban J connectivity index is 2.14. The van der Waals surface area contributed by atoms with Crippen molar-refractivity contribution in [3.63, 3.8) is 0 Å².